The van der Waals surface area contributed by atoms with Gasteiger partial charge in [0.25, 0.3) is 21.6 Å². The Hall–Kier alpha value is -4.23. The van der Waals surface area contributed by atoms with Gasteiger partial charge in [-0.15, -0.1) is 24.2 Å². The molecule has 0 radical (unpaired) electrons. The van der Waals surface area contributed by atoms with Crippen LogP contribution >= 0.6 is 35.8 Å². The number of hydrogen-bond donors (Lipinski definition) is 3. The Balaban J connectivity index is 0.00000684. The van der Waals surface area contributed by atoms with Crippen molar-refractivity contribution in [1.82, 2.24) is 24.7 Å². The van der Waals surface area contributed by atoms with Gasteiger partial charge in [0.2, 0.25) is 0 Å². The van der Waals surface area contributed by atoms with Gasteiger partial charge >= 0.3 is 0 Å². The second-order valence-corrected chi connectivity index (χ2v) is 21.7. The molecule has 3 saturated heterocycles. The average Bonchev–Trinajstić information content (AvgIpc) is 3.34. The van der Waals surface area contributed by atoms with Crippen LogP contribution in [0.3, 0.4) is 0 Å². The summed E-state index contributed by atoms with van der Waals surface area (Å²) in [6.07, 6.45) is 3.99. The first-order chi connectivity index (χ1) is 32.4. The number of hydrogen-bond acceptors (Lipinski definition) is 13. The molecule has 0 saturated carbocycles. The van der Waals surface area contributed by atoms with Crippen molar-refractivity contribution in [3.63, 3.8) is 0 Å². The Kier molecular flexibility index (Phi) is 18.3. The van der Waals surface area contributed by atoms with Crippen molar-refractivity contribution in [2.75, 3.05) is 114 Å². The first-order valence-corrected chi connectivity index (χ1v) is 26.3. The van der Waals surface area contributed by atoms with Crippen molar-refractivity contribution in [1.29, 1.82) is 0 Å². The van der Waals surface area contributed by atoms with Gasteiger partial charge < -0.3 is 25.2 Å². The summed E-state index contributed by atoms with van der Waals surface area (Å²) >= 11 is 7.95. The second kappa shape index (κ2) is 24.1. The number of sulfonamides is 1. The number of allylic oxidation sites excluding steroid dienone is 1. The normalized spacial score (nSPS) is 20.4. The molecule has 1 amide bonds. The van der Waals surface area contributed by atoms with E-state index in [2.05, 4.69) is 54.0 Å². The highest BCUT2D eigenvalue weighted by Crippen LogP contribution is 2.44. The minimum absolute atomic E-state index is 0. The molecule has 3 fully saturated rings. The molecule has 8 rings (SSSR count). The molecule has 0 aromatic heterocycles. The van der Waals surface area contributed by atoms with E-state index in [0.29, 0.717) is 25.4 Å². The molecular weight excluding hydrogens is 944 g/mol. The van der Waals surface area contributed by atoms with Crippen LogP contribution in [0.1, 0.15) is 48.5 Å². The third-order valence-corrected chi connectivity index (χ3v) is 16.2. The molecule has 1 aliphatic carbocycles. The van der Waals surface area contributed by atoms with E-state index in [4.69, 9.17) is 16.3 Å². The van der Waals surface area contributed by atoms with E-state index in [1.807, 2.05) is 54.6 Å². The number of ether oxygens (including phenoxy) is 1. The lowest BCUT2D eigenvalue weighted by Crippen LogP contribution is -2.49. The number of piperazine rings is 2. The van der Waals surface area contributed by atoms with Crippen LogP contribution in [0.25, 0.3) is 5.57 Å². The number of carbonyl (C=O) groups excluding carboxylic acids is 1. The highest BCUT2D eigenvalue weighted by molar-refractivity contribution is 7.99. The Morgan fingerprint density at radius 3 is 2.29 bits per heavy atom. The molecule has 14 nitrogen and oxygen atoms in total. The molecule has 366 valence electrons. The van der Waals surface area contributed by atoms with E-state index in [9.17, 15) is 23.3 Å². The van der Waals surface area contributed by atoms with Gasteiger partial charge in [-0.05, 0) is 103 Å². The molecule has 3 N–H and O–H groups in total. The molecule has 4 aromatic rings. The summed E-state index contributed by atoms with van der Waals surface area (Å²) in [4.78, 5) is 35.7. The molecule has 3 heterocycles. The molecule has 18 heteroatoms. The third-order valence-electron chi connectivity index (χ3n) is 13.5. The lowest BCUT2D eigenvalue weighted by atomic mass is 9.71. The van der Waals surface area contributed by atoms with Crippen molar-refractivity contribution in [2.24, 2.45) is 5.41 Å². The van der Waals surface area contributed by atoms with Gasteiger partial charge in [0.05, 0.1) is 23.0 Å². The number of anilines is 2. The summed E-state index contributed by atoms with van der Waals surface area (Å²) < 4.78 is 34.8. The fourth-order valence-corrected chi connectivity index (χ4v) is 11.9. The van der Waals surface area contributed by atoms with Crippen LogP contribution in [0.2, 0.25) is 5.02 Å². The number of nitro groups is 1. The number of nitrogens with zero attached hydrogens (tertiary/aromatic N) is 5. The predicted octanol–water partition coefficient (Wildman–Crippen LogP) is 7.76. The number of rotatable bonds is 18. The monoisotopic (exact) mass is 1010 g/mol. The molecule has 68 heavy (non-hydrogen) atoms. The molecule has 4 aromatic carbocycles. The molecule has 2 atom stereocenters. The molecule has 0 spiro atoms. The summed E-state index contributed by atoms with van der Waals surface area (Å²) in [7, 11) is -4.45. The number of benzene rings is 4. The molecule has 0 bridgehead atoms. The van der Waals surface area contributed by atoms with E-state index < -0.39 is 20.9 Å². The topological polar surface area (TPSA) is 153 Å². The molecule has 4 aliphatic rings. The number of amides is 1. The zero-order chi connectivity index (χ0) is 46.8. The number of carbonyl (C=O) groups is 1. The maximum Gasteiger partial charge on any atom is 0.293 e. The Morgan fingerprint density at radius 2 is 1.60 bits per heavy atom. The number of halogens is 2. The summed E-state index contributed by atoms with van der Waals surface area (Å²) in [5.41, 5.74) is 5.39. The first-order valence-electron chi connectivity index (χ1n) is 23.5. The van der Waals surface area contributed by atoms with Gasteiger partial charge in [-0.1, -0.05) is 54.4 Å². The third kappa shape index (κ3) is 14.0. The first kappa shape index (κ1) is 51.6. The summed E-state index contributed by atoms with van der Waals surface area (Å²) in [6.45, 7) is 15.9. The van der Waals surface area contributed by atoms with Crippen molar-refractivity contribution in [3.05, 3.63) is 129 Å². The largest absolute Gasteiger partial charge is 0.379 e. The van der Waals surface area contributed by atoms with Crippen molar-refractivity contribution in [2.45, 2.75) is 48.4 Å². The summed E-state index contributed by atoms with van der Waals surface area (Å²) in [5.74, 6) is -0.178. The van der Waals surface area contributed by atoms with Crippen LogP contribution in [-0.2, 0) is 14.8 Å². The van der Waals surface area contributed by atoms with E-state index in [1.165, 1.54) is 28.8 Å². The van der Waals surface area contributed by atoms with Crippen LogP contribution in [0.5, 0.6) is 0 Å². The number of nitrogens with one attached hydrogen (secondary N) is 3. The Morgan fingerprint density at radius 1 is 0.897 bits per heavy atom. The predicted molar refractivity (Wildman–Crippen MR) is 276 cm³/mol. The van der Waals surface area contributed by atoms with Gasteiger partial charge in [0.1, 0.15) is 5.69 Å². The van der Waals surface area contributed by atoms with Crippen molar-refractivity contribution < 1.29 is 22.9 Å². The summed E-state index contributed by atoms with van der Waals surface area (Å²) in [6, 6.07) is 28.7. The van der Waals surface area contributed by atoms with Gasteiger partial charge in [-0.25, -0.2) is 13.1 Å². The average molecular weight is 1010 g/mol. The number of thioether (sulfide) groups is 1. The van der Waals surface area contributed by atoms with Gasteiger partial charge in [0.15, 0.2) is 0 Å². The lowest BCUT2D eigenvalue weighted by molar-refractivity contribution is -0.384. The smallest absolute Gasteiger partial charge is 0.293 e. The highest BCUT2D eigenvalue weighted by Gasteiger charge is 2.35. The second-order valence-electron chi connectivity index (χ2n) is 18.5. The zero-order valence-corrected chi connectivity index (χ0v) is 42.0. The Bertz CT molecular complexity index is 2450. The van der Waals surface area contributed by atoms with E-state index in [0.717, 1.165) is 126 Å². The fraction of sp³-hybridized carbons (Fsp3) is 0.460. The lowest BCUT2D eigenvalue weighted by Gasteiger charge is -2.43. The molecule has 2 unspecified atom stereocenters. The van der Waals surface area contributed by atoms with Gasteiger partial charge in [-0.2, -0.15) is 0 Å². The standard InChI is InChI=1S/C50H63ClN8O6S2.ClH/c1-50(37-57-23-20-52-21-24-57)19-17-46(38-7-11-41(51)12-8-38)40(34-50)35-56-25-27-58(28-26-56)43-13-9-39(10-14-43)49(60)54-67(63,64)45-15-16-47(48(33-45)59(61)62)53-42(18-22-55-29-31-65-32-30-55)36-66-44-5-3-2-4-6-44;/h2-16,33,42,52-53H,17-32,34-37H2,1H3,(H,54,60);1H. The van der Waals surface area contributed by atoms with Gasteiger partial charge in [0, 0.05) is 124 Å². The van der Waals surface area contributed by atoms with Gasteiger partial charge in [-0.3, -0.25) is 24.7 Å². The number of nitro benzene ring substituents is 1. The van der Waals surface area contributed by atoms with Crippen LogP contribution in [0.15, 0.2) is 112 Å². The fourth-order valence-electron chi connectivity index (χ4n) is 9.75. The van der Waals surface area contributed by atoms with Crippen LogP contribution in [0.4, 0.5) is 17.1 Å². The van der Waals surface area contributed by atoms with Crippen LogP contribution in [0, 0.1) is 15.5 Å². The minimum atomic E-state index is -4.45. The highest BCUT2D eigenvalue weighted by atomic mass is 35.5. The Labute approximate surface area is 416 Å². The summed E-state index contributed by atoms with van der Waals surface area (Å²) in [5, 5.41) is 20.0. The zero-order valence-electron chi connectivity index (χ0n) is 38.7. The van der Waals surface area contributed by atoms with Crippen LogP contribution < -0.4 is 20.3 Å². The molecule has 3 aliphatic heterocycles. The minimum Gasteiger partial charge on any atom is -0.379 e. The van der Waals surface area contributed by atoms with Crippen molar-refractivity contribution in [3.8, 4) is 0 Å². The van der Waals surface area contributed by atoms with E-state index in [-0.39, 0.29) is 45.7 Å². The van der Waals surface area contributed by atoms with E-state index >= 15 is 0 Å². The maximum absolute atomic E-state index is 13.6. The maximum atomic E-state index is 13.6. The van der Waals surface area contributed by atoms with Crippen LogP contribution in [-0.4, -0.2) is 144 Å². The molecular formula is C50H64Cl2N8O6S2. The quantitative estimate of drug-likeness (QED) is 0.0507. The SMILES string of the molecule is CC1(CN2CCNCC2)CCC(c2ccc(Cl)cc2)=C(CN2CCN(c3ccc(C(=O)NS(=O)(=O)c4ccc(NC(CCN5CCOCC5)CSc5ccccc5)c([N+](=O)[O-])c4)cc3)CC2)C1.Cl. The number of morpholine rings is 1. The van der Waals surface area contributed by atoms with E-state index in [1.54, 1.807) is 23.9 Å². The van der Waals surface area contributed by atoms with Crippen molar-refractivity contribution >= 4 is 74.3 Å².